The molecule has 0 spiro atoms. The number of ether oxygens (including phenoxy) is 4. The van der Waals surface area contributed by atoms with Gasteiger partial charge in [0.05, 0.1) is 58.3 Å². The summed E-state index contributed by atoms with van der Waals surface area (Å²) in [7, 11) is 0. The number of Topliss-reactive ketones (excluding diaryl/α,β-unsaturated/α-hetero) is 2. The average Bonchev–Trinajstić information content (AvgIpc) is 3.40. The molecule has 1 N–H and O–H groups in total. The molecule has 214 valence electrons. The van der Waals surface area contributed by atoms with Crippen LogP contribution in [0.4, 0.5) is 4.79 Å². The Morgan fingerprint density at radius 2 is 1.49 bits per heavy atom. The lowest BCUT2D eigenvalue weighted by Crippen LogP contribution is -2.41. The quantitative estimate of drug-likeness (QED) is 0.145. The maximum absolute atomic E-state index is 12.3. The monoisotopic (exact) mass is 544 g/mol. The molecular weight excluding hydrogens is 496 g/mol. The van der Waals surface area contributed by atoms with Crippen molar-refractivity contribution in [2.75, 3.05) is 65.2 Å². The number of carbonyl (C=O) groups is 3. The largest absolute Gasteiger partial charge is 0.379 e. The maximum Gasteiger partial charge on any atom is 0.318 e. The summed E-state index contributed by atoms with van der Waals surface area (Å²) in [5.74, 6) is 1.44. The number of hydrogen-bond acceptors (Lipinski definition) is 8. The molecule has 0 aliphatic carbocycles. The van der Waals surface area contributed by atoms with E-state index in [1.165, 1.54) is 0 Å². The van der Waals surface area contributed by atoms with Crippen LogP contribution in [0.25, 0.3) is 0 Å². The van der Waals surface area contributed by atoms with Gasteiger partial charge in [-0.25, -0.2) is 4.79 Å². The Kier molecular flexibility index (Phi) is 17.1. The summed E-state index contributed by atoms with van der Waals surface area (Å²) in [5.41, 5.74) is 0. The van der Waals surface area contributed by atoms with Gasteiger partial charge < -0.3 is 29.2 Å². The molecule has 2 aliphatic rings. The molecule has 2 heterocycles. The summed E-state index contributed by atoms with van der Waals surface area (Å²) in [6.45, 7) is 8.55. The van der Waals surface area contributed by atoms with E-state index in [2.05, 4.69) is 17.1 Å². The minimum Gasteiger partial charge on any atom is -0.379 e. The van der Waals surface area contributed by atoms with Gasteiger partial charge >= 0.3 is 6.03 Å². The first-order valence-electron chi connectivity index (χ1n) is 14.0. The summed E-state index contributed by atoms with van der Waals surface area (Å²) in [6.07, 6.45) is 7.56. The molecule has 0 radical (unpaired) electrons. The third-order valence-corrected chi connectivity index (χ3v) is 8.11. The second-order valence-electron chi connectivity index (χ2n) is 9.75. The second-order valence-corrected chi connectivity index (χ2v) is 11.0. The van der Waals surface area contributed by atoms with Crippen LogP contribution >= 0.6 is 11.8 Å². The van der Waals surface area contributed by atoms with Gasteiger partial charge in [0.15, 0.2) is 0 Å². The van der Waals surface area contributed by atoms with Crippen LogP contribution < -0.4 is 5.32 Å². The lowest BCUT2D eigenvalue weighted by molar-refractivity contribution is -0.119. The van der Waals surface area contributed by atoms with E-state index in [1.807, 2.05) is 11.8 Å². The predicted molar refractivity (Wildman–Crippen MR) is 145 cm³/mol. The van der Waals surface area contributed by atoms with Crippen LogP contribution in [0.1, 0.15) is 71.6 Å². The van der Waals surface area contributed by atoms with Crippen molar-refractivity contribution in [3.8, 4) is 0 Å². The number of hydrogen-bond donors (Lipinski definition) is 1. The van der Waals surface area contributed by atoms with Gasteiger partial charge in [-0.1, -0.05) is 19.8 Å². The molecule has 0 aromatic carbocycles. The number of carbonyl (C=O) groups excluding carboxylic acids is 3. The maximum atomic E-state index is 12.3. The zero-order chi connectivity index (χ0) is 26.7. The molecule has 3 atom stereocenters. The van der Waals surface area contributed by atoms with E-state index in [-0.39, 0.29) is 17.9 Å². The van der Waals surface area contributed by atoms with Gasteiger partial charge in [0, 0.05) is 43.4 Å². The van der Waals surface area contributed by atoms with Gasteiger partial charge in [-0.15, -0.1) is 0 Å². The Bertz CT molecular complexity index is 667. The molecule has 9 nitrogen and oxygen atoms in total. The van der Waals surface area contributed by atoms with Gasteiger partial charge in [0.1, 0.15) is 11.6 Å². The highest BCUT2D eigenvalue weighted by atomic mass is 32.2. The van der Waals surface area contributed by atoms with E-state index in [4.69, 9.17) is 18.9 Å². The van der Waals surface area contributed by atoms with Crippen LogP contribution in [0.15, 0.2) is 0 Å². The van der Waals surface area contributed by atoms with Crippen LogP contribution in [0.5, 0.6) is 0 Å². The molecule has 2 aliphatic heterocycles. The lowest BCUT2D eigenvalue weighted by Gasteiger charge is -2.27. The molecule has 2 fully saturated rings. The SMILES string of the molecule is CCCCN1C(=O)N[C@H]2CS[C@@H](CCCCC(=O)CCCOCCOCCOCCOCCC(C)=O)[C@H]21. The molecule has 0 saturated carbocycles. The van der Waals surface area contributed by atoms with Gasteiger partial charge in [-0.2, -0.15) is 11.8 Å². The van der Waals surface area contributed by atoms with Gasteiger partial charge in [0.2, 0.25) is 0 Å². The Balaban J connectivity index is 1.36. The zero-order valence-corrected chi connectivity index (χ0v) is 23.7. The molecule has 0 unspecified atom stereocenters. The average molecular weight is 545 g/mol. The second kappa shape index (κ2) is 19.8. The molecule has 0 aromatic rings. The number of thioether (sulfide) groups is 1. The number of nitrogens with zero attached hydrogens (tertiary/aromatic N) is 1. The minimum atomic E-state index is 0.104. The molecule has 0 aromatic heterocycles. The fourth-order valence-corrected chi connectivity index (χ4v) is 6.18. The number of fused-ring (bicyclic) bond motifs is 1. The molecule has 37 heavy (non-hydrogen) atoms. The summed E-state index contributed by atoms with van der Waals surface area (Å²) in [4.78, 5) is 37.3. The number of nitrogens with one attached hydrogen (secondary N) is 1. The summed E-state index contributed by atoms with van der Waals surface area (Å²) >= 11 is 1.98. The van der Waals surface area contributed by atoms with Crippen molar-refractivity contribution in [2.24, 2.45) is 0 Å². The van der Waals surface area contributed by atoms with Crippen molar-refractivity contribution in [2.45, 2.75) is 89.0 Å². The molecule has 0 bridgehead atoms. The Morgan fingerprint density at radius 1 is 0.865 bits per heavy atom. The molecular formula is C27H48N2O7S. The Hall–Kier alpha value is -1.20. The van der Waals surface area contributed by atoms with Crippen LogP contribution in [0.2, 0.25) is 0 Å². The van der Waals surface area contributed by atoms with E-state index >= 15 is 0 Å². The zero-order valence-electron chi connectivity index (χ0n) is 22.9. The highest BCUT2D eigenvalue weighted by molar-refractivity contribution is 8.00. The van der Waals surface area contributed by atoms with E-state index in [0.29, 0.717) is 89.2 Å². The van der Waals surface area contributed by atoms with Crippen LogP contribution in [0, 0.1) is 0 Å². The first-order chi connectivity index (χ1) is 18.0. The van der Waals surface area contributed by atoms with E-state index in [0.717, 1.165) is 50.8 Å². The van der Waals surface area contributed by atoms with Crippen molar-refractivity contribution in [1.82, 2.24) is 10.2 Å². The van der Waals surface area contributed by atoms with Crippen molar-refractivity contribution in [3.05, 3.63) is 0 Å². The van der Waals surface area contributed by atoms with Crippen molar-refractivity contribution < 1.29 is 33.3 Å². The smallest absolute Gasteiger partial charge is 0.318 e. The van der Waals surface area contributed by atoms with Gasteiger partial charge in [-0.05, 0) is 32.6 Å². The van der Waals surface area contributed by atoms with Crippen LogP contribution in [-0.2, 0) is 28.5 Å². The van der Waals surface area contributed by atoms with Crippen LogP contribution in [-0.4, -0.2) is 105 Å². The van der Waals surface area contributed by atoms with Gasteiger partial charge in [0.25, 0.3) is 0 Å². The van der Waals surface area contributed by atoms with Crippen molar-refractivity contribution in [1.29, 1.82) is 0 Å². The standard InChI is InChI=1S/C27H48N2O7S/c1-3-4-12-29-26-24(28-27(29)32)21-37-25(26)10-6-5-8-23(31)9-7-13-33-15-17-35-19-20-36-18-16-34-14-11-22(2)30/h24-26H,3-21H2,1-2H3,(H,28,32)/t24-,25-,26-/m0/s1. The fourth-order valence-electron chi connectivity index (χ4n) is 4.58. The van der Waals surface area contributed by atoms with Crippen molar-refractivity contribution in [3.63, 3.8) is 0 Å². The van der Waals surface area contributed by atoms with Gasteiger partial charge in [-0.3, -0.25) is 9.59 Å². The topological polar surface area (TPSA) is 103 Å². The normalized spacial score (nSPS) is 20.9. The van der Waals surface area contributed by atoms with E-state index in [9.17, 15) is 14.4 Å². The molecule has 10 heteroatoms. The summed E-state index contributed by atoms with van der Waals surface area (Å²) in [6, 6.07) is 0.708. The number of unbranched alkanes of at least 4 members (excludes halogenated alkanes) is 2. The van der Waals surface area contributed by atoms with Crippen LogP contribution in [0.3, 0.4) is 0 Å². The fraction of sp³-hybridized carbons (Fsp3) is 0.889. The molecule has 2 amide bonds. The lowest BCUT2D eigenvalue weighted by atomic mass is 10.0. The predicted octanol–water partition coefficient (Wildman–Crippen LogP) is 3.62. The molecule has 2 rings (SSSR count). The molecule has 2 saturated heterocycles. The van der Waals surface area contributed by atoms with E-state index < -0.39 is 0 Å². The Morgan fingerprint density at radius 3 is 2.14 bits per heavy atom. The number of rotatable bonds is 24. The number of ketones is 2. The highest BCUT2D eigenvalue weighted by Gasteiger charge is 2.47. The number of urea groups is 1. The summed E-state index contributed by atoms with van der Waals surface area (Å²) < 4.78 is 21.7. The van der Waals surface area contributed by atoms with Crippen molar-refractivity contribution >= 4 is 29.4 Å². The highest BCUT2D eigenvalue weighted by Crippen LogP contribution is 2.37. The third kappa shape index (κ3) is 13.4. The first kappa shape index (κ1) is 32.0. The van der Waals surface area contributed by atoms with E-state index in [1.54, 1.807) is 6.92 Å². The number of amides is 2. The third-order valence-electron chi connectivity index (χ3n) is 6.62. The Labute approximate surface area is 227 Å². The minimum absolute atomic E-state index is 0.104. The summed E-state index contributed by atoms with van der Waals surface area (Å²) in [5, 5.41) is 3.63. The first-order valence-corrected chi connectivity index (χ1v) is 15.1.